The van der Waals surface area contributed by atoms with Crippen LogP contribution in [0.1, 0.15) is 20.8 Å². The minimum Gasteiger partial charge on any atom is -0.454 e. The largest absolute Gasteiger partial charge is 0.454 e. The first kappa shape index (κ1) is 23.1. The van der Waals surface area contributed by atoms with Crippen LogP contribution in [0, 0.1) is 30.9 Å². The molecule has 7 rings (SSSR count). The van der Waals surface area contributed by atoms with Crippen molar-refractivity contribution in [3.05, 3.63) is 138 Å². The number of hydrogen-bond acceptors (Lipinski definition) is 2. The van der Waals surface area contributed by atoms with Gasteiger partial charge in [0.1, 0.15) is 18.2 Å². The van der Waals surface area contributed by atoms with Crippen LogP contribution >= 0.6 is 0 Å². The minimum atomic E-state index is -2.62. The van der Waals surface area contributed by atoms with Gasteiger partial charge in [0.05, 0.1) is 17.2 Å². The molecule has 4 heteroatoms. The van der Waals surface area contributed by atoms with E-state index in [1.165, 1.54) is 12.3 Å². The maximum absolute atomic E-state index is 14.7. The Hall–Kier alpha value is -5.53. The molecule has 0 radical (unpaired) electrons. The molecule has 43 heavy (non-hydrogen) atoms. The molecule has 0 spiro atoms. The van der Waals surface area contributed by atoms with Gasteiger partial charge in [-0.05, 0) is 64.9 Å². The lowest BCUT2D eigenvalue weighted by molar-refractivity contribution is -0.662. The predicted molar refractivity (Wildman–Crippen MR) is 171 cm³/mol. The van der Waals surface area contributed by atoms with Crippen LogP contribution in [0.3, 0.4) is 0 Å². The van der Waals surface area contributed by atoms with Crippen LogP contribution in [-0.4, -0.2) is 0 Å². The van der Waals surface area contributed by atoms with E-state index in [1.807, 2.05) is 67.6 Å². The van der Waals surface area contributed by atoms with Crippen LogP contribution in [0.2, 0.25) is 0 Å². The average molecular weight is 563 g/mol. The van der Waals surface area contributed by atoms with Crippen LogP contribution in [0.15, 0.2) is 120 Å². The van der Waals surface area contributed by atoms with E-state index in [4.69, 9.17) is 8.53 Å². The summed E-state index contributed by atoms with van der Waals surface area (Å²) in [6, 6.07) is 38.1. The lowest BCUT2D eigenvalue weighted by atomic mass is 9.94. The summed E-state index contributed by atoms with van der Waals surface area (Å²) in [5.41, 5.74) is 9.20. The van der Waals surface area contributed by atoms with E-state index < -0.39 is 12.7 Å². The summed E-state index contributed by atoms with van der Waals surface area (Å²) in [4.78, 5) is 0. The van der Waals surface area contributed by atoms with Gasteiger partial charge in [-0.2, -0.15) is 9.83 Å². The van der Waals surface area contributed by atoms with Gasteiger partial charge < -0.3 is 4.42 Å². The third kappa shape index (κ3) is 4.47. The Balaban J connectivity index is 1.36. The highest BCUT2D eigenvalue weighted by atomic mass is 19.1. The summed E-state index contributed by atoms with van der Waals surface area (Å²) < 4.78 is 46.5. The fourth-order valence-electron chi connectivity index (χ4n) is 5.88. The normalized spacial score (nSPS) is 12.6. The molecular weight excluding hydrogens is 531 g/mol. The highest BCUT2D eigenvalue weighted by Crippen LogP contribution is 2.42. The lowest BCUT2D eigenvalue weighted by Gasteiger charge is -2.08. The highest BCUT2D eigenvalue weighted by molar-refractivity contribution is 6.14. The zero-order valence-electron chi connectivity index (χ0n) is 26.7. The first-order valence-corrected chi connectivity index (χ1v) is 14.0. The molecule has 7 aromatic rings. The molecule has 0 atom stereocenters. The number of fused-ring (bicyclic) bond motifs is 3. The molecule has 2 heterocycles. The molecule has 0 saturated heterocycles. The molecule has 0 aliphatic rings. The van der Waals surface area contributed by atoms with Gasteiger partial charge in [0.25, 0.3) is 0 Å². The SMILES string of the molecule is [2H]C([2H])([2H])c1cc(-c2c(C)ccc3c2oc2c(-c4ccc(-c5ccc(-c6ccccc6)cc5)cc4)c(C#N)ccc23)[n+](C)cc1F. The number of halogens is 1. The van der Waals surface area contributed by atoms with Crippen molar-refractivity contribution < 1.29 is 17.5 Å². The molecule has 0 amide bonds. The van der Waals surface area contributed by atoms with Crippen molar-refractivity contribution >= 4 is 21.9 Å². The van der Waals surface area contributed by atoms with Crippen molar-refractivity contribution in [2.45, 2.75) is 13.8 Å². The highest BCUT2D eigenvalue weighted by Gasteiger charge is 2.24. The number of nitriles is 1. The minimum absolute atomic E-state index is 0.352. The third-order valence-corrected chi connectivity index (χ3v) is 8.12. The van der Waals surface area contributed by atoms with Gasteiger partial charge in [-0.1, -0.05) is 91.0 Å². The molecular formula is C39H28FN2O+. The van der Waals surface area contributed by atoms with Gasteiger partial charge in [-0.15, -0.1) is 0 Å². The second-order valence-corrected chi connectivity index (χ2v) is 10.8. The van der Waals surface area contributed by atoms with Crippen molar-refractivity contribution in [3.63, 3.8) is 0 Å². The van der Waals surface area contributed by atoms with E-state index in [0.717, 1.165) is 44.2 Å². The average Bonchev–Trinajstić information content (AvgIpc) is 3.43. The molecule has 0 bridgehead atoms. The first-order chi connectivity index (χ1) is 22.1. The molecule has 206 valence electrons. The fourth-order valence-corrected chi connectivity index (χ4v) is 5.88. The summed E-state index contributed by atoms with van der Waals surface area (Å²) >= 11 is 0. The topological polar surface area (TPSA) is 40.8 Å². The Morgan fingerprint density at radius 3 is 1.86 bits per heavy atom. The van der Waals surface area contributed by atoms with Gasteiger partial charge in [0.2, 0.25) is 11.9 Å². The van der Waals surface area contributed by atoms with Crippen molar-refractivity contribution in [2.75, 3.05) is 0 Å². The number of benzene rings is 5. The quantitative estimate of drug-likeness (QED) is 0.200. The van der Waals surface area contributed by atoms with Crippen LogP contribution in [0.4, 0.5) is 4.39 Å². The van der Waals surface area contributed by atoms with Crippen molar-refractivity contribution in [1.29, 1.82) is 5.26 Å². The predicted octanol–water partition coefficient (Wildman–Crippen LogP) is 9.71. The van der Waals surface area contributed by atoms with Crippen LogP contribution in [-0.2, 0) is 7.05 Å². The smallest absolute Gasteiger partial charge is 0.216 e. The zero-order valence-corrected chi connectivity index (χ0v) is 23.7. The molecule has 3 nitrogen and oxygen atoms in total. The van der Waals surface area contributed by atoms with Gasteiger partial charge in [0.15, 0.2) is 5.82 Å². The Labute approximate surface area is 253 Å². The van der Waals surface area contributed by atoms with Gasteiger partial charge in [0, 0.05) is 26.5 Å². The Kier molecular flexibility index (Phi) is 5.57. The van der Waals surface area contributed by atoms with Crippen molar-refractivity contribution in [1.82, 2.24) is 0 Å². The second-order valence-electron chi connectivity index (χ2n) is 10.8. The number of nitrogens with zero attached hydrogens (tertiary/aromatic N) is 2. The van der Waals surface area contributed by atoms with E-state index >= 15 is 0 Å². The molecule has 0 saturated carbocycles. The summed E-state index contributed by atoms with van der Waals surface area (Å²) in [5, 5.41) is 11.8. The number of aromatic nitrogens is 1. The first-order valence-electron chi connectivity index (χ1n) is 15.5. The third-order valence-electron chi connectivity index (χ3n) is 8.12. The lowest BCUT2D eigenvalue weighted by Crippen LogP contribution is -2.31. The molecule has 0 aliphatic carbocycles. The van der Waals surface area contributed by atoms with Crippen molar-refractivity contribution in [3.8, 4) is 50.7 Å². The number of aryl methyl sites for hydroxylation is 3. The van der Waals surface area contributed by atoms with Crippen molar-refractivity contribution in [2.24, 2.45) is 7.05 Å². The Morgan fingerprint density at radius 1 is 0.698 bits per heavy atom. The van der Waals surface area contributed by atoms with Gasteiger partial charge in [-0.3, -0.25) is 0 Å². The standard InChI is InChI=1S/C39H28FN2O/c1-24-9-19-32-33-20-18-31(22-41)37(39(33)43-38(32)36(24)35-21-25(2)34(40)23-42(35)3)30-16-14-29(15-17-30)28-12-10-27(11-13-28)26-7-5-4-6-8-26/h4-21,23H,1-3H3/q+1/i2D3. The maximum Gasteiger partial charge on any atom is 0.216 e. The Bertz CT molecular complexity index is 2320. The molecule has 0 N–H and O–H groups in total. The second kappa shape index (κ2) is 10.4. The van der Waals surface area contributed by atoms with E-state index in [-0.39, 0.29) is 5.56 Å². The van der Waals surface area contributed by atoms with Crippen LogP contribution in [0.5, 0.6) is 0 Å². The number of hydrogen-bond donors (Lipinski definition) is 0. The van der Waals surface area contributed by atoms with Gasteiger partial charge >= 0.3 is 0 Å². The number of pyridine rings is 1. The van der Waals surface area contributed by atoms with E-state index in [0.29, 0.717) is 33.6 Å². The van der Waals surface area contributed by atoms with Crippen LogP contribution < -0.4 is 4.57 Å². The summed E-state index contributed by atoms with van der Waals surface area (Å²) in [7, 11) is 1.68. The molecule has 0 fully saturated rings. The molecule has 0 aliphatic heterocycles. The summed E-state index contributed by atoms with van der Waals surface area (Å²) in [6.45, 7) is -0.708. The summed E-state index contributed by atoms with van der Waals surface area (Å²) in [5.74, 6) is -0.794. The summed E-state index contributed by atoms with van der Waals surface area (Å²) in [6.07, 6.45) is 1.19. The molecule has 0 unspecified atom stereocenters. The maximum atomic E-state index is 14.7. The van der Waals surface area contributed by atoms with E-state index in [9.17, 15) is 9.65 Å². The molecule has 5 aromatic carbocycles. The van der Waals surface area contributed by atoms with Gasteiger partial charge in [-0.25, -0.2) is 4.39 Å². The monoisotopic (exact) mass is 562 g/mol. The zero-order chi connectivity index (χ0) is 32.2. The van der Waals surface area contributed by atoms with E-state index in [2.05, 4.69) is 42.5 Å². The Morgan fingerprint density at radius 2 is 1.26 bits per heavy atom. The number of rotatable bonds is 4. The van der Waals surface area contributed by atoms with E-state index in [1.54, 1.807) is 17.7 Å². The molecule has 2 aromatic heterocycles. The fraction of sp³-hybridized carbons (Fsp3) is 0.0769. The van der Waals surface area contributed by atoms with Crippen LogP contribution in [0.25, 0.3) is 66.6 Å². The number of furan rings is 1.